The van der Waals surface area contributed by atoms with Gasteiger partial charge in [0.1, 0.15) is 6.10 Å². The molecule has 0 amide bonds. The lowest BCUT2D eigenvalue weighted by Crippen LogP contribution is -2.40. The monoisotopic (exact) mass is 170 g/mol. The molecule has 1 unspecified atom stereocenters. The lowest BCUT2D eigenvalue weighted by molar-refractivity contribution is -0.198. The molecule has 3 N–H and O–H groups in total. The lowest BCUT2D eigenvalue weighted by Gasteiger charge is -2.14. The summed E-state index contributed by atoms with van der Waals surface area (Å²) in [6, 6.07) is 0. The molecule has 4 nitrogen and oxygen atoms in total. The molecule has 11 heavy (non-hydrogen) atoms. The summed E-state index contributed by atoms with van der Waals surface area (Å²) in [7, 11) is 0. The van der Waals surface area contributed by atoms with Gasteiger partial charge in [0, 0.05) is 0 Å². The van der Waals surface area contributed by atoms with Crippen LogP contribution in [0.2, 0.25) is 0 Å². The average Bonchev–Trinajstić information content (AvgIpc) is 2.14. The second kappa shape index (κ2) is 2.63. The summed E-state index contributed by atoms with van der Waals surface area (Å²) in [4.78, 5) is 0. The molecule has 66 valence electrons. The average molecular weight is 170 g/mol. The van der Waals surface area contributed by atoms with Crippen LogP contribution in [0.25, 0.3) is 0 Å². The Labute approximate surface area is 61.0 Å². The van der Waals surface area contributed by atoms with Crippen LogP contribution in [0.3, 0.4) is 0 Å². The van der Waals surface area contributed by atoms with Gasteiger partial charge in [-0.25, -0.2) is 0 Å². The van der Waals surface area contributed by atoms with Crippen LogP contribution in [0.5, 0.6) is 0 Å². The molecule has 1 fully saturated rings. The number of aliphatic hydroxyl groups is 3. The summed E-state index contributed by atoms with van der Waals surface area (Å²) in [6.45, 7) is -0.742. The third-order valence-corrected chi connectivity index (χ3v) is 1.56. The zero-order valence-electron chi connectivity index (χ0n) is 5.44. The Morgan fingerprint density at radius 1 is 1.36 bits per heavy atom. The van der Waals surface area contributed by atoms with Crippen LogP contribution in [0.15, 0.2) is 0 Å². The molecule has 0 bridgehead atoms. The highest BCUT2D eigenvalue weighted by molar-refractivity contribution is 4.92. The van der Waals surface area contributed by atoms with Crippen molar-refractivity contribution in [1.29, 1.82) is 0 Å². The zero-order chi connectivity index (χ0) is 8.65. The van der Waals surface area contributed by atoms with Gasteiger partial charge in [0.05, 0.1) is 6.61 Å². The van der Waals surface area contributed by atoms with E-state index in [0.717, 1.165) is 0 Å². The normalized spacial score (nSPS) is 42.8. The minimum absolute atomic E-state index is 0.742. The summed E-state index contributed by atoms with van der Waals surface area (Å²) >= 11 is 0. The van der Waals surface area contributed by atoms with Crippen molar-refractivity contribution in [3.8, 4) is 0 Å². The van der Waals surface area contributed by atoms with Crippen molar-refractivity contribution in [3.63, 3.8) is 0 Å². The highest BCUT2D eigenvalue weighted by Gasteiger charge is 2.57. The third kappa shape index (κ3) is 1.22. The highest BCUT2D eigenvalue weighted by atomic mass is 19.3. The van der Waals surface area contributed by atoms with Gasteiger partial charge in [-0.3, -0.25) is 0 Å². The quantitative estimate of drug-likeness (QED) is 0.457. The SMILES string of the molecule is OC[C@H]1OC(O)C(F)(F)[C@@H]1O. The fourth-order valence-electron chi connectivity index (χ4n) is 0.868. The highest BCUT2D eigenvalue weighted by Crippen LogP contribution is 2.34. The van der Waals surface area contributed by atoms with E-state index in [2.05, 4.69) is 4.74 Å². The molecular weight excluding hydrogens is 162 g/mol. The smallest absolute Gasteiger partial charge is 0.325 e. The van der Waals surface area contributed by atoms with Gasteiger partial charge in [-0.05, 0) is 0 Å². The first-order chi connectivity index (χ1) is 5.00. The van der Waals surface area contributed by atoms with Crippen molar-refractivity contribution in [3.05, 3.63) is 0 Å². The molecule has 0 aromatic heterocycles. The largest absolute Gasteiger partial charge is 0.394 e. The summed E-state index contributed by atoms with van der Waals surface area (Å²) in [6.07, 6.45) is -5.86. The molecule has 0 aromatic rings. The first kappa shape index (κ1) is 8.79. The van der Waals surface area contributed by atoms with Crippen molar-refractivity contribution in [2.75, 3.05) is 6.61 Å². The summed E-state index contributed by atoms with van der Waals surface area (Å²) < 4.78 is 29.0. The number of aliphatic hydroxyl groups excluding tert-OH is 3. The maximum atomic E-state index is 12.4. The van der Waals surface area contributed by atoms with E-state index in [1.165, 1.54) is 0 Å². The Kier molecular flexibility index (Phi) is 2.10. The molecule has 0 aliphatic carbocycles. The van der Waals surface area contributed by atoms with Gasteiger partial charge < -0.3 is 20.1 Å². The van der Waals surface area contributed by atoms with Crippen molar-refractivity contribution in [2.24, 2.45) is 0 Å². The Morgan fingerprint density at radius 3 is 2.09 bits per heavy atom. The van der Waals surface area contributed by atoms with E-state index in [1.807, 2.05) is 0 Å². The topological polar surface area (TPSA) is 69.9 Å². The van der Waals surface area contributed by atoms with E-state index in [4.69, 9.17) is 15.3 Å². The fourth-order valence-corrected chi connectivity index (χ4v) is 0.868. The molecule has 0 spiro atoms. The van der Waals surface area contributed by atoms with Gasteiger partial charge in [0.25, 0.3) is 0 Å². The number of rotatable bonds is 1. The predicted molar refractivity (Wildman–Crippen MR) is 28.9 cm³/mol. The molecule has 1 aliphatic rings. The first-order valence-corrected chi connectivity index (χ1v) is 3.00. The second-order valence-corrected chi connectivity index (χ2v) is 2.33. The second-order valence-electron chi connectivity index (χ2n) is 2.33. The first-order valence-electron chi connectivity index (χ1n) is 3.00. The van der Waals surface area contributed by atoms with E-state index in [1.54, 1.807) is 0 Å². The summed E-state index contributed by atoms with van der Waals surface area (Å²) in [5.74, 6) is -3.69. The minimum Gasteiger partial charge on any atom is -0.394 e. The number of ether oxygens (including phenoxy) is 1. The van der Waals surface area contributed by atoms with Crippen molar-refractivity contribution in [1.82, 2.24) is 0 Å². The Bertz CT molecular complexity index is 151. The third-order valence-electron chi connectivity index (χ3n) is 1.56. The number of hydrogen-bond donors (Lipinski definition) is 3. The van der Waals surface area contributed by atoms with Crippen LogP contribution in [0, 0.1) is 0 Å². The molecule has 1 rings (SSSR count). The van der Waals surface area contributed by atoms with E-state index in [9.17, 15) is 8.78 Å². The van der Waals surface area contributed by atoms with Gasteiger partial charge >= 0.3 is 5.92 Å². The molecule has 1 aliphatic heterocycles. The molecule has 1 saturated heterocycles. The summed E-state index contributed by atoms with van der Waals surface area (Å²) in [5.41, 5.74) is 0. The van der Waals surface area contributed by atoms with Gasteiger partial charge in [-0.2, -0.15) is 8.78 Å². The van der Waals surface area contributed by atoms with Crippen LogP contribution >= 0.6 is 0 Å². The maximum Gasteiger partial charge on any atom is 0.325 e. The van der Waals surface area contributed by atoms with Gasteiger partial charge in [-0.15, -0.1) is 0 Å². The molecule has 1 heterocycles. The molecule has 6 heteroatoms. The molecule has 0 aromatic carbocycles. The van der Waals surface area contributed by atoms with Gasteiger partial charge in [0.2, 0.25) is 6.29 Å². The van der Waals surface area contributed by atoms with Gasteiger partial charge in [0.15, 0.2) is 6.10 Å². The molecule has 3 atom stereocenters. The number of hydrogen-bond acceptors (Lipinski definition) is 4. The molecule has 0 saturated carbocycles. The van der Waals surface area contributed by atoms with Crippen molar-refractivity contribution >= 4 is 0 Å². The van der Waals surface area contributed by atoms with Crippen molar-refractivity contribution in [2.45, 2.75) is 24.4 Å². The number of alkyl halides is 2. The van der Waals surface area contributed by atoms with E-state index < -0.39 is 31.0 Å². The Balaban J connectivity index is 2.71. The van der Waals surface area contributed by atoms with Crippen LogP contribution in [-0.2, 0) is 4.74 Å². The van der Waals surface area contributed by atoms with Crippen molar-refractivity contribution < 1.29 is 28.8 Å². The zero-order valence-corrected chi connectivity index (χ0v) is 5.44. The predicted octanol–water partition coefficient (Wildman–Crippen LogP) is -1.31. The van der Waals surface area contributed by atoms with E-state index >= 15 is 0 Å². The summed E-state index contributed by atoms with van der Waals surface area (Å²) in [5, 5.41) is 25.5. The number of halogens is 2. The fraction of sp³-hybridized carbons (Fsp3) is 1.00. The van der Waals surface area contributed by atoms with Crippen LogP contribution in [-0.4, -0.2) is 46.3 Å². The van der Waals surface area contributed by atoms with E-state index in [0.29, 0.717) is 0 Å². The maximum absolute atomic E-state index is 12.4. The van der Waals surface area contributed by atoms with Crippen LogP contribution in [0.1, 0.15) is 0 Å². The van der Waals surface area contributed by atoms with Gasteiger partial charge in [-0.1, -0.05) is 0 Å². The Hall–Kier alpha value is -0.300. The Morgan fingerprint density at radius 2 is 1.91 bits per heavy atom. The molecule has 0 radical (unpaired) electrons. The standard InChI is InChI=1S/C5H8F2O4/c6-5(7)3(9)2(1-8)11-4(5)10/h2-4,8-10H,1H2/t2-,3-,4?/m1/s1. The van der Waals surface area contributed by atoms with Crippen LogP contribution in [0.4, 0.5) is 8.78 Å². The minimum atomic E-state index is -3.69. The van der Waals surface area contributed by atoms with Crippen LogP contribution < -0.4 is 0 Å². The lowest BCUT2D eigenvalue weighted by atomic mass is 10.1. The molecular formula is C5H8F2O4. The van der Waals surface area contributed by atoms with E-state index in [-0.39, 0.29) is 0 Å².